The number of carbonyl (C=O) groups excluding carboxylic acids is 1. The molecule has 0 saturated carbocycles. The number of hydrogen-bond donors (Lipinski definition) is 1. The predicted molar refractivity (Wildman–Crippen MR) is 77.6 cm³/mol. The van der Waals surface area contributed by atoms with E-state index < -0.39 is 9.84 Å². The summed E-state index contributed by atoms with van der Waals surface area (Å²) in [6.45, 7) is 0.375. The molecule has 1 aromatic carbocycles. The van der Waals surface area contributed by atoms with E-state index in [4.69, 9.17) is 0 Å². The summed E-state index contributed by atoms with van der Waals surface area (Å²) in [5.41, 5.74) is 0.704. The Labute approximate surface area is 125 Å². The molecule has 1 saturated heterocycles. The molecule has 1 aliphatic rings. The van der Waals surface area contributed by atoms with Crippen molar-refractivity contribution in [2.45, 2.75) is 12.8 Å². The minimum atomic E-state index is -2.91. The molecule has 1 aliphatic heterocycles. The van der Waals surface area contributed by atoms with Crippen LogP contribution in [-0.4, -0.2) is 32.4 Å². The quantitative estimate of drug-likeness (QED) is 0.884. The first-order chi connectivity index (χ1) is 9.35. The van der Waals surface area contributed by atoms with Crippen LogP contribution in [0.2, 0.25) is 0 Å². The Morgan fingerprint density at radius 3 is 2.80 bits per heavy atom. The van der Waals surface area contributed by atoms with E-state index >= 15 is 0 Å². The van der Waals surface area contributed by atoms with Gasteiger partial charge in [0, 0.05) is 6.54 Å². The molecule has 0 aromatic heterocycles. The first kappa shape index (κ1) is 15.4. The molecular weight excluding hydrogens is 349 g/mol. The Morgan fingerprint density at radius 1 is 1.45 bits per heavy atom. The lowest BCUT2D eigenvalue weighted by Gasteiger charge is -2.10. The van der Waals surface area contributed by atoms with E-state index in [0.717, 1.165) is 0 Å². The highest BCUT2D eigenvalue weighted by Crippen LogP contribution is 2.18. The Hall–Kier alpha value is -0.950. The van der Waals surface area contributed by atoms with Crippen molar-refractivity contribution in [2.24, 2.45) is 5.92 Å². The van der Waals surface area contributed by atoms with Gasteiger partial charge in [0.1, 0.15) is 5.82 Å². The maximum atomic E-state index is 13.1. The Bertz CT molecular complexity index is 618. The van der Waals surface area contributed by atoms with Gasteiger partial charge in [0.05, 0.1) is 22.4 Å². The van der Waals surface area contributed by atoms with Gasteiger partial charge >= 0.3 is 0 Å². The highest BCUT2D eigenvalue weighted by atomic mass is 79.9. The molecule has 20 heavy (non-hydrogen) atoms. The van der Waals surface area contributed by atoms with Gasteiger partial charge in [-0.1, -0.05) is 6.07 Å². The minimum Gasteiger partial charge on any atom is -0.356 e. The van der Waals surface area contributed by atoms with Gasteiger partial charge in [-0.05, 0) is 46.0 Å². The van der Waals surface area contributed by atoms with Crippen molar-refractivity contribution < 1.29 is 17.6 Å². The van der Waals surface area contributed by atoms with Gasteiger partial charge in [-0.25, -0.2) is 12.8 Å². The maximum Gasteiger partial charge on any atom is 0.224 e. The average Bonchev–Trinajstić information content (AvgIpc) is 2.71. The molecule has 1 aromatic rings. The zero-order valence-corrected chi connectivity index (χ0v) is 13.1. The molecule has 0 aliphatic carbocycles. The van der Waals surface area contributed by atoms with Crippen molar-refractivity contribution in [2.75, 3.05) is 18.1 Å². The van der Waals surface area contributed by atoms with E-state index in [-0.39, 0.29) is 35.6 Å². The first-order valence-corrected chi connectivity index (χ1v) is 8.88. The van der Waals surface area contributed by atoms with Crippen molar-refractivity contribution in [3.63, 3.8) is 0 Å². The largest absolute Gasteiger partial charge is 0.356 e. The molecule has 1 fully saturated rings. The van der Waals surface area contributed by atoms with Crippen LogP contribution in [0, 0.1) is 11.7 Å². The number of nitrogens with one attached hydrogen (secondary N) is 1. The minimum absolute atomic E-state index is 0.00361. The number of benzene rings is 1. The third-order valence-electron chi connectivity index (χ3n) is 3.26. The molecule has 1 amide bonds. The van der Waals surface area contributed by atoms with E-state index in [1.807, 2.05) is 0 Å². The van der Waals surface area contributed by atoms with Gasteiger partial charge in [0.15, 0.2) is 9.84 Å². The van der Waals surface area contributed by atoms with Gasteiger partial charge in [0.2, 0.25) is 5.91 Å². The lowest BCUT2D eigenvalue weighted by molar-refractivity contribution is -0.120. The van der Waals surface area contributed by atoms with Crippen LogP contribution < -0.4 is 5.32 Å². The fraction of sp³-hybridized carbons (Fsp3) is 0.462. The van der Waals surface area contributed by atoms with Crippen molar-refractivity contribution in [3.05, 3.63) is 34.1 Å². The molecule has 0 spiro atoms. The van der Waals surface area contributed by atoms with Gasteiger partial charge in [-0.2, -0.15) is 0 Å². The summed E-state index contributed by atoms with van der Waals surface area (Å²) in [5, 5.41) is 2.73. The molecule has 1 heterocycles. The SMILES string of the molecule is O=C(Cc1ccc(F)c(Br)c1)NCC1CCS(=O)(=O)C1. The molecule has 0 radical (unpaired) electrons. The van der Waals surface area contributed by atoms with Gasteiger partial charge in [-0.15, -0.1) is 0 Å². The summed E-state index contributed by atoms with van der Waals surface area (Å²) in [7, 11) is -2.91. The van der Waals surface area contributed by atoms with Crippen molar-refractivity contribution in [1.82, 2.24) is 5.32 Å². The first-order valence-electron chi connectivity index (χ1n) is 6.27. The predicted octanol–water partition coefficient (Wildman–Crippen LogP) is 1.68. The summed E-state index contributed by atoms with van der Waals surface area (Å²) in [6, 6.07) is 4.42. The van der Waals surface area contributed by atoms with Crippen LogP contribution in [0.4, 0.5) is 4.39 Å². The number of carbonyl (C=O) groups is 1. The summed E-state index contributed by atoms with van der Waals surface area (Å²) >= 11 is 3.07. The Kier molecular flexibility index (Phi) is 4.80. The molecule has 7 heteroatoms. The van der Waals surface area contributed by atoms with Crippen LogP contribution in [0.15, 0.2) is 22.7 Å². The maximum absolute atomic E-state index is 13.1. The average molecular weight is 364 g/mol. The second kappa shape index (κ2) is 6.22. The van der Waals surface area contributed by atoms with Crippen LogP contribution >= 0.6 is 15.9 Å². The fourth-order valence-electron chi connectivity index (χ4n) is 2.19. The number of sulfone groups is 1. The monoisotopic (exact) mass is 363 g/mol. The Balaban J connectivity index is 1.82. The number of hydrogen-bond acceptors (Lipinski definition) is 3. The van der Waals surface area contributed by atoms with Crippen LogP contribution in [0.1, 0.15) is 12.0 Å². The van der Waals surface area contributed by atoms with E-state index in [9.17, 15) is 17.6 Å². The van der Waals surface area contributed by atoms with Crippen LogP contribution in [0.3, 0.4) is 0 Å². The van der Waals surface area contributed by atoms with E-state index in [1.54, 1.807) is 12.1 Å². The van der Waals surface area contributed by atoms with Crippen LogP contribution in [-0.2, 0) is 21.1 Å². The standard InChI is InChI=1S/C13H15BrFNO3S/c14-11-5-9(1-2-12(11)15)6-13(17)16-7-10-3-4-20(18,19)8-10/h1-2,5,10H,3-4,6-8H2,(H,16,17). The zero-order valence-electron chi connectivity index (χ0n) is 10.7. The van der Waals surface area contributed by atoms with Gasteiger partial charge in [0.25, 0.3) is 0 Å². The molecule has 0 bridgehead atoms. The molecular formula is C13H15BrFNO3S. The molecule has 110 valence electrons. The topological polar surface area (TPSA) is 63.2 Å². The highest BCUT2D eigenvalue weighted by Gasteiger charge is 2.27. The second-order valence-electron chi connectivity index (χ2n) is 5.00. The van der Waals surface area contributed by atoms with E-state index in [0.29, 0.717) is 23.0 Å². The molecule has 1 atom stereocenters. The lowest BCUT2D eigenvalue weighted by Crippen LogP contribution is -2.31. The summed E-state index contributed by atoms with van der Waals surface area (Å²) in [4.78, 5) is 11.8. The summed E-state index contributed by atoms with van der Waals surface area (Å²) in [6.07, 6.45) is 0.753. The molecule has 4 nitrogen and oxygen atoms in total. The van der Waals surface area contributed by atoms with Crippen molar-refractivity contribution in [3.8, 4) is 0 Å². The number of amides is 1. The van der Waals surface area contributed by atoms with E-state index in [2.05, 4.69) is 21.2 Å². The molecule has 2 rings (SSSR count). The smallest absolute Gasteiger partial charge is 0.224 e. The van der Waals surface area contributed by atoms with E-state index in [1.165, 1.54) is 6.07 Å². The van der Waals surface area contributed by atoms with Crippen molar-refractivity contribution in [1.29, 1.82) is 0 Å². The fourth-order valence-corrected chi connectivity index (χ4v) is 4.48. The number of rotatable bonds is 4. The zero-order chi connectivity index (χ0) is 14.8. The van der Waals surface area contributed by atoms with Crippen LogP contribution in [0.25, 0.3) is 0 Å². The normalized spacial score (nSPS) is 20.8. The van der Waals surface area contributed by atoms with Gasteiger partial charge in [-0.3, -0.25) is 4.79 Å². The van der Waals surface area contributed by atoms with Crippen LogP contribution in [0.5, 0.6) is 0 Å². The third-order valence-corrected chi connectivity index (χ3v) is 5.71. The third kappa shape index (κ3) is 4.28. The van der Waals surface area contributed by atoms with Gasteiger partial charge < -0.3 is 5.32 Å². The Morgan fingerprint density at radius 2 is 2.20 bits per heavy atom. The summed E-state index contributed by atoms with van der Waals surface area (Å²) < 4.78 is 36.0. The molecule has 1 N–H and O–H groups in total. The summed E-state index contributed by atoms with van der Waals surface area (Å²) in [5.74, 6) is -0.199. The second-order valence-corrected chi connectivity index (χ2v) is 8.08. The number of halogens is 2. The highest BCUT2D eigenvalue weighted by molar-refractivity contribution is 9.10. The van der Waals surface area contributed by atoms with Crippen molar-refractivity contribution >= 4 is 31.7 Å². The molecule has 1 unspecified atom stereocenters. The lowest BCUT2D eigenvalue weighted by atomic mass is 10.1.